The standard InChI is InChI=1S/C14H16ClN3O2/c1-10-6-7-12(15)13(8-10)18-9-11(16-17-18)4-2-3-5-14(19)20/h6-9H,2-5H2,1H3,(H,19,20). The first kappa shape index (κ1) is 14.5. The minimum absolute atomic E-state index is 0.192. The van der Waals surface area contributed by atoms with E-state index in [0.29, 0.717) is 11.4 Å². The van der Waals surface area contributed by atoms with Gasteiger partial charge in [0.2, 0.25) is 0 Å². The van der Waals surface area contributed by atoms with Gasteiger partial charge in [-0.2, -0.15) is 0 Å². The highest BCUT2D eigenvalue weighted by molar-refractivity contribution is 6.32. The molecule has 5 nitrogen and oxygen atoms in total. The number of hydrogen-bond acceptors (Lipinski definition) is 3. The summed E-state index contributed by atoms with van der Waals surface area (Å²) in [6, 6.07) is 5.72. The highest BCUT2D eigenvalue weighted by atomic mass is 35.5. The minimum atomic E-state index is -0.764. The number of carboxylic acids is 1. The van der Waals surface area contributed by atoms with Crippen molar-refractivity contribution in [3.63, 3.8) is 0 Å². The van der Waals surface area contributed by atoms with E-state index >= 15 is 0 Å². The van der Waals surface area contributed by atoms with Crippen LogP contribution < -0.4 is 0 Å². The van der Waals surface area contributed by atoms with Crippen LogP contribution in [0.2, 0.25) is 5.02 Å². The molecule has 0 bridgehead atoms. The van der Waals surface area contributed by atoms with Crippen LogP contribution in [-0.2, 0) is 11.2 Å². The molecule has 0 unspecified atom stereocenters. The molecule has 0 spiro atoms. The topological polar surface area (TPSA) is 68.0 Å². The summed E-state index contributed by atoms with van der Waals surface area (Å²) in [4.78, 5) is 10.4. The summed E-state index contributed by atoms with van der Waals surface area (Å²) >= 11 is 6.15. The molecule has 1 N–H and O–H groups in total. The fraction of sp³-hybridized carbons (Fsp3) is 0.357. The lowest BCUT2D eigenvalue weighted by Gasteiger charge is -2.03. The summed E-state index contributed by atoms with van der Waals surface area (Å²) < 4.78 is 1.65. The average molecular weight is 294 g/mol. The zero-order valence-electron chi connectivity index (χ0n) is 11.2. The monoisotopic (exact) mass is 293 g/mol. The number of benzene rings is 1. The Labute approximate surface area is 122 Å². The van der Waals surface area contributed by atoms with Crippen molar-refractivity contribution in [3.8, 4) is 5.69 Å². The Kier molecular flexibility index (Phi) is 4.74. The third-order valence-corrected chi connectivity index (χ3v) is 3.28. The molecule has 1 aromatic heterocycles. The molecule has 0 aliphatic rings. The van der Waals surface area contributed by atoms with E-state index in [-0.39, 0.29) is 6.42 Å². The molecule has 0 fully saturated rings. The van der Waals surface area contributed by atoms with Crippen molar-refractivity contribution in [3.05, 3.63) is 40.7 Å². The number of carbonyl (C=O) groups is 1. The van der Waals surface area contributed by atoms with Crippen LogP contribution in [0.5, 0.6) is 0 Å². The van der Waals surface area contributed by atoms with Gasteiger partial charge in [0.05, 0.1) is 22.6 Å². The van der Waals surface area contributed by atoms with Gasteiger partial charge in [0, 0.05) is 6.42 Å². The molecule has 2 rings (SSSR count). The van der Waals surface area contributed by atoms with E-state index in [0.717, 1.165) is 29.8 Å². The fourth-order valence-corrected chi connectivity index (χ4v) is 2.12. The zero-order valence-corrected chi connectivity index (χ0v) is 12.0. The Balaban J connectivity index is 2.01. The second kappa shape index (κ2) is 6.52. The van der Waals surface area contributed by atoms with Crippen molar-refractivity contribution in [2.24, 2.45) is 0 Å². The van der Waals surface area contributed by atoms with Gasteiger partial charge in [-0.25, -0.2) is 4.68 Å². The average Bonchev–Trinajstić information content (AvgIpc) is 2.86. The van der Waals surface area contributed by atoms with Crippen LogP contribution in [0.1, 0.15) is 30.5 Å². The number of aryl methyl sites for hydroxylation is 2. The van der Waals surface area contributed by atoms with Crippen LogP contribution in [0.15, 0.2) is 24.4 Å². The molecule has 0 aliphatic carbocycles. The van der Waals surface area contributed by atoms with Gasteiger partial charge >= 0.3 is 5.97 Å². The zero-order chi connectivity index (χ0) is 14.5. The van der Waals surface area contributed by atoms with Crippen molar-refractivity contribution < 1.29 is 9.90 Å². The van der Waals surface area contributed by atoms with E-state index in [9.17, 15) is 4.79 Å². The van der Waals surface area contributed by atoms with Gasteiger partial charge in [0.1, 0.15) is 0 Å². The first-order valence-electron chi connectivity index (χ1n) is 6.46. The largest absolute Gasteiger partial charge is 0.481 e. The molecule has 0 saturated carbocycles. The number of aromatic nitrogens is 3. The molecule has 106 valence electrons. The van der Waals surface area contributed by atoms with E-state index in [1.165, 1.54) is 0 Å². The second-order valence-electron chi connectivity index (χ2n) is 4.71. The van der Waals surface area contributed by atoms with Gasteiger partial charge in [-0.15, -0.1) is 5.10 Å². The van der Waals surface area contributed by atoms with Crippen LogP contribution in [0.3, 0.4) is 0 Å². The molecule has 1 heterocycles. The fourth-order valence-electron chi connectivity index (χ4n) is 1.91. The molecule has 0 amide bonds. The van der Waals surface area contributed by atoms with E-state index in [4.69, 9.17) is 16.7 Å². The molecule has 1 aromatic carbocycles. The number of aliphatic carboxylic acids is 1. The summed E-state index contributed by atoms with van der Waals surface area (Å²) in [6.45, 7) is 1.99. The molecular formula is C14H16ClN3O2. The summed E-state index contributed by atoms with van der Waals surface area (Å²) in [6.07, 6.45) is 4.18. The normalized spacial score (nSPS) is 10.7. The Morgan fingerprint density at radius 3 is 2.95 bits per heavy atom. The molecular weight excluding hydrogens is 278 g/mol. The quantitative estimate of drug-likeness (QED) is 0.831. The molecule has 0 aliphatic heterocycles. The van der Waals surface area contributed by atoms with Gasteiger partial charge in [0.15, 0.2) is 0 Å². The Morgan fingerprint density at radius 1 is 1.40 bits per heavy atom. The van der Waals surface area contributed by atoms with Gasteiger partial charge in [-0.3, -0.25) is 4.79 Å². The lowest BCUT2D eigenvalue weighted by atomic mass is 10.1. The number of halogens is 1. The summed E-state index contributed by atoms with van der Waals surface area (Å²) in [5.74, 6) is -0.764. The van der Waals surface area contributed by atoms with E-state index in [1.54, 1.807) is 4.68 Å². The van der Waals surface area contributed by atoms with Gasteiger partial charge < -0.3 is 5.11 Å². The van der Waals surface area contributed by atoms with Gasteiger partial charge in [-0.05, 0) is 43.9 Å². The molecule has 0 radical (unpaired) electrons. The third kappa shape index (κ3) is 3.81. The predicted molar refractivity (Wildman–Crippen MR) is 76.3 cm³/mol. The summed E-state index contributed by atoms with van der Waals surface area (Å²) in [7, 11) is 0. The van der Waals surface area contributed by atoms with Crippen molar-refractivity contribution in [2.45, 2.75) is 32.6 Å². The van der Waals surface area contributed by atoms with E-state index < -0.39 is 5.97 Å². The minimum Gasteiger partial charge on any atom is -0.481 e. The number of nitrogens with zero attached hydrogens (tertiary/aromatic N) is 3. The smallest absolute Gasteiger partial charge is 0.303 e. The first-order chi connectivity index (χ1) is 9.56. The van der Waals surface area contributed by atoms with Crippen LogP contribution >= 0.6 is 11.6 Å². The maximum Gasteiger partial charge on any atom is 0.303 e. The lowest BCUT2D eigenvalue weighted by molar-refractivity contribution is -0.137. The summed E-state index contributed by atoms with van der Waals surface area (Å²) in [5.41, 5.74) is 2.74. The third-order valence-electron chi connectivity index (χ3n) is 2.96. The number of carboxylic acid groups (broad SMARTS) is 1. The van der Waals surface area contributed by atoms with E-state index in [2.05, 4.69) is 10.3 Å². The molecule has 0 saturated heterocycles. The predicted octanol–water partition coefficient (Wildman–Crippen LogP) is 3.03. The van der Waals surface area contributed by atoms with E-state index in [1.807, 2.05) is 31.3 Å². The van der Waals surface area contributed by atoms with Crippen LogP contribution in [-0.4, -0.2) is 26.1 Å². The highest BCUT2D eigenvalue weighted by Gasteiger charge is 2.07. The Hall–Kier alpha value is -1.88. The molecule has 2 aromatic rings. The molecule has 6 heteroatoms. The molecule has 0 atom stereocenters. The Morgan fingerprint density at radius 2 is 2.20 bits per heavy atom. The highest BCUT2D eigenvalue weighted by Crippen LogP contribution is 2.21. The van der Waals surface area contributed by atoms with Crippen molar-refractivity contribution in [2.75, 3.05) is 0 Å². The van der Waals surface area contributed by atoms with Crippen LogP contribution in [0.25, 0.3) is 5.69 Å². The lowest BCUT2D eigenvalue weighted by Crippen LogP contribution is -1.96. The first-order valence-corrected chi connectivity index (χ1v) is 6.83. The maximum atomic E-state index is 10.4. The SMILES string of the molecule is Cc1ccc(Cl)c(-n2cc(CCCCC(=O)O)nn2)c1. The number of rotatable bonds is 6. The number of unbranched alkanes of at least 4 members (excludes halogenated alkanes) is 1. The summed E-state index contributed by atoms with van der Waals surface area (Å²) in [5, 5.41) is 17.4. The maximum absolute atomic E-state index is 10.4. The van der Waals surface area contributed by atoms with Crippen molar-refractivity contribution >= 4 is 17.6 Å². The van der Waals surface area contributed by atoms with Crippen LogP contribution in [0, 0.1) is 6.92 Å². The van der Waals surface area contributed by atoms with Gasteiger partial charge in [-0.1, -0.05) is 22.9 Å². The van der Waals surface area contributed by atoms with Gasteiger partial charge in [0.25, 0.3) is 0 Å². The van der Waals surface area contributed by atoms with Crippen molar-refractivity contribution in [1.82, 2.24) is 15.0 Å². The van der Waals surface area contributed by atoms with Crippen LogP contribution in [0.4, 0.5) is 0 Å². The molecule has 20 heavy (non-hydrogen) atoms. The Bertz CT molecular complexity index is 610. The number of hydrogen-bond donors (Lipinski definition) is 1. The van der Waals surface area contributed by atoms with Crippen molar-refractivity contribution in [1.29, 1.82) is 0 Å². The second-order valence-corrected chi connectivity index (χ2v) is 5.12.